The fourth-order valence-corrected chi connectivity index (χ4v) is 1.90. The molecule has 0 aliphatic carbocycles. The van der Waals surface area contributed by atoms with Gasteiger partial charge in [-0.15, -0.1) is 0 Å². The Labute approximate surface area is 116 Å². The summed E-state index contributed by atoms with van der Waals surface area (Å²) >= 11 is 8.89. The third-order valence-electron chi connectivity index (χ3n) is 2.18. The molecule has 94 valence electrons. The molecule has 0 aliphatic heterocycles. The molecule has 6 heteroatoms. The highest BCUT2D eigenvalue weighted by Gasteiger charge is 2.12. The van der Waals surface area contributed by atoms with Crippen molar-refractivity contribution < 1.29 is 13.5 Å². The van der Waals surface area contributed by atoms with E-state index < -0.39 is 11.6 Å². The van der Waals surface area contributed by atoms with Gasteiger partial charge in [-0.3, -0.25) is 0 Å². The third-order valence-corrected chi connectivity index (χ3v) is 2.98. The predicted molar refractivity (Wildman–Crippen MR) is 67.6 cm³/mol. The minimum absolute atomic E-state index is 0.0134. The lowest BCUT2D eigenvalue weighted by Gasteiger charge is -2.09. The highest BCUT2D eigenvalue weighted by molar-refractivity contribution is 9.10. The number of hydrogen-bond donors (Lipinski definition) is 0. The van der Waals surface area contributed by atoms with Crippen LogP contribution < -0.4 is 4.74 Å². The van der Waals surface area contributed by atoms with Crippen molar-refractivity contribution in [3.05, 3.63) is 57.3 Å². The van der Waals surface area contributed by atoms with Crippen LogP contribution in [0.2, 0.25) is 5.15 Å². The van der Waals surface area contributed by atoms with Gasteiger partial charge in [-0.25, -0.2) is 9.37 Å². The van der Waals surface area contributed by atoms with Gasteiger partial charge in [0.1, 0.15) is 11.8 Å². The summed E-state index contributed by atoms with van der Waals surface area (Å²) in [5, 5.41) is 0.272. The van der Waals surface area contributed by atoms with Crippen molar-refractivity contribution in [2.45, 2.75) is 6.61 Å². The Morgan fingerprint density at radius 1 is 1.33 bits per heavy atom. The summed E-state index contributed by atoms with van der Waals surface area (Å²) in [6.45, 7) is 0.0134. The van der Waals surface area contributed by atoms with Crippen LogP contribution in [0.3, 0.4) is 0 Å². The Morgan fingerprint density at radius 2 is 2.11 bits per heavy atom. The van der Waals surface area contributed by atoms with E-state index in [1.165, 1.54) is 12.3 Å². The van der Waals surface area contributed by atoms with E-state index in [1.54, 1.807) is 12.1 Å². The average Bonchev–Trinajstić information content (AvgIpc) is 2.33. The Bertz CT molecular complexity index is 580. The molecule has 1 heterocycles. The lowest BCUT2D eigenvalue weighted by atomic mass is 10.3. The highest BCUT2D eigenvalue weighted by atomic mass is 79.9. The van der Waals surface area contributed by atoms with Crippen LogP contribution in [0.1, 0.15) is 5.56 Å². The summed E-state index contributed by atoms with van der Waals surface area (Å²) in [4.78, 5) is 3.86. The van der Waals surface area contributed by atoms with E-state index in [0.29, 0.717) is 10.0 Å². The molecule has 0 fully saturated rings. The first-order valence-electron chi connectivity index (χ1n) is 4.94. The molecule has 0 saturated carbocycles. The first-order chi connectivity index (χ1) is 8.58. The molecule has 1 aromatic carbocycles. The van der Waals surface area contributed by atoms with Gasteiger partial charge in [-0.1, -0.05) is 33.6 Å². The fraction of sp³-hybridized carbons (Fsp3) is 0.0833. The summed E-state index contributed by atoms with van der Waals surface area (Å²) in [5.74, 6) is -2.18. The molecule has 0 spiro atoms. The molecule has 0 bridgehead atoms. The number of halogens is 4. The first kappa shape index (κ1) is 13.2. The molecule has 0 unspecified atom stereocenters. The maximum Gasteiger partial charge on any atom is 0.200 e. The van der Waals surface area contributed by atoms with Gasteiger partial charge < -0.3 is 4.74 Å². The van der Waals surface area contributed by atoms with E-state index in [9.17, 15) is 8.78 Å². The van der Waals surface area contributed by atoms with Gasteiger partial charge in [0.25, 0.3) is 0 Å². The van der Waals surface area contributed by atoms with Crippen LogP contribution in [0.25, 0.3) is 0 Å². The topological polar surface area (TPSA) is 22.1 Å². The molecule has 0 amide bonds. The summed E-state index contributed by atoms with van der Waals surface area (Å²) in [6, 6.07) is 5.76. The summed E-state index contributed by atoms with van der Waals surface area (Å²) in [5.41, 5.74) is 0.596. The molecule has 0 N–H and O–H groups in total. The van der Waals surface area contributed by atoms with Crippen LogP contribution in [0.5, 0.6) is 5.75 Å². The number of nitrogens with zero attached hydrogens (tertiary/aromatic N) is 1. The summed E-state index contributed by atoms with van der Waals surface area (Å²) in [7, 11) is 0. The van der Waals surface area contributed by atoms with Crippen molar-refractivity contribution >= 4 is 27.5 Å². The van der Waals surface area contributed by atoms with Crippen molar-refractivity contribution in [1.82, 2.24) is 4.98 Å². The van der Waals surface area contributed by atoms with Gasteiger partial charge in [-0.05, 0) is 18.2 Å². The fourth-order valence-electron chi connectivity index (χ4n) is 1.32. The molecule has 18 heavy (non-hydrogen) atoms. The molecule has 2 aromatic rings. The van der Waals surface area contributed by atoms with E-state index >= 15 is 0 Å². The average molecular weight is 335 g/mol. The number of aromatic nitrogens is 1. The SMILES string of the molecule is Fc1cc(Br)cc(OCc2cccnc2Cl)c1F. The molecular weight excluding hydrogens is 327 g/mol. The molecule has 0 atom stereocenters. The van der Waals surface area contributed by atoms with Gasteiger partial charge in [0, 0.05) is 16.2 Å². The molecule has 1 aromatic heterocycles. The van der Waals surface area contributed by atoms with Crippen molar-refractivity contribution in [1.29, 1.82) is 0 Å². The van der Waals surface area contributed by atoms with Gasteiger partial charge >= 0.3 is 0 Å². The Hall–Kier alpha value is -1.20. The number of rotatable bonds is 3. The van der Waals surface area contributed by atoms with Gasteiger partial charge in [0.05, 0.1) is 0 Å². The van der Waals surface area contributed by atoms with E-state index in [0.717, 1.165) is 6.07 Å². The number of ether oxygens (including phenoxy) is 1. The maximum absolute atomic E-state index is 13.4. The monoisotopic (exact) mass is 333 g/mol. The van der Waals surface area contributed by atoms with Crippen LogP contribution in [0.4, 0.5) is 8.78 Å². The molecule has 0 saturated heterocycles. The second-order valence-corrected chi connectivity index (χ2v) is 4.72. The van der Waals surface area contributed by atoms with Gasteiger partial charge in [-0.2, -0.15) is 4.39 Å². The molecule has 2 nitrogen and oxygen atoms in total. The van der Waals surface area contributed by atoms with Gasteiger partial charge in [0.15, 0.2) is 11.6 Å². The van der Waals surface area contributed by atoms with Crippen LogP contribution in [0, 0.1) is 11.6 Å². The second kappa shape index (κ2) is 5.63. The number of hydrogen-bond acceptors (Lipinski definition) is 2. The molecular formula is C12H7BrClF2NO. The van der Waals surface area contributed by atoms with E-state index in [4.69, 9.17) is 16.3 Å². The van der Waals surface area contributed by atoms with Crippen molar-refractivity contribution in [2.75, 3.05) is 0 Å². The lowest BCUT2D eigenvalue weighted by Crippen LogP contribution is -2.00. The van der Waals surface area contributed by atoms with Crippen molar-refractivity contribution in [3.63, 3.8) is 0 Å². The van der Waals surface area contributed by atoms with E-state index in [2.05, 4.69) is 20.9 Å². The standard InChI is InChI=1S/C12H7BrClF2NO/c13-8-4-9(15)11(16)10(5-8)18-6-7-2-1-3-17-12(7)14/h1-5H,6H2. The van der Waals surface area contributed by atoms with Crippen LogP contribution >= 0.6 is 27.5 Å². The Morgan fingerprint density at radius 3 is 2.83 bits per heavy atom. The summed E-state index contributed by atoms with van der Waals surface area (Å²) in [6.07, 6.45) is 1.53. The molecule has 0 aliphatic rings. The first-order valence-corrected chi connectivity index (χ1v) is 6.12. The van der Waals surface area contributed by atoms with Crippen molar-refractivity contribution in [3.8, 4) is 5.75 Å². The number of benzene rings is 1. The second-order valence-electron chi connectivity index (χ2n) is 3.44. The molecule has 2 rings (SSSR count). The molecule has 0 radical (unpaired) electrons. The Kier molecular flexibility index (Phi) is 4.14. The van der Waals surface area contributed by atoms with Crippen LogP contribution in [0.15, 0.2) is 34.9 Å². The zero-order chi connectivity index (χ0) is 13.1. The maximum atomic E-state index is 13.4. The van der Waals surface area contributed by atoms with E-state index in [-0.39, 0.29) is 17.5 Å². The normalized spacial score (nSPS) is 10.4. The third kappa shape index (κ3) is 2.97. The highest BCUT2D eigenvalue weighted by Crippen LogP contribution is 2.26. The minimum Gasteiger partial charge on any atom is -0.486 e. The zero-order valence-corrected chi connectivity index (χ0v) is 11.3. The minimum atomic E-state index is -1.03. The largest absolute Gasteiger partial charge is 0.486 e. The number of pyridine rings is 1. The van der Waals surface area contributed by atoms with Crippen molar-refractivity contribution in [2.24, 2.45) is 0 Å². The Balaban J connectivity index is 2.18. The van der Waals surface area contributed by atoms with Crippen LogP contribution in [-0.2, 0) is 6.61 Å². The van der Waals surface area contributed by atoms with Gasteiger partial charge in [0.2, 0.25) is 5.82 Å². The smallest absolute Gasteiger partial charge is 0.200 e. The quantitative estimate of drug-likeness (QED) is 0.615. The summed E-state index contributed by atoms with van der Waals surface area (Å²) < 4.78 is 32.1. The predicted octanol–water partition coefficient (Wildman–Crippen LogP) is 4.35. The zero-order valence-electron chi connectivity index (χ0n) is 8.96. The van der Waals surface area contributed by atoms with E-state index in [1.807, 2.05) is 0 Å². The van der Waals surface area contributed by atoms with Crippen LogP contribution in [-0.4, -0.2) is 4.98 Å². The lowest BCUT2D eigenvalue weighted by molar-refractivity contribution is 0.284.